The van der Waals surface area contributed by atoms with Crippen LogP contribution < -0.4 is 4.74 Å². The summed E-state index contributed by atoms with van der Waals surface area (Å²) in [4.78, 5) is 17.3. The number of piperazine rings is 1. The third-order valence-corrected chi connectivity index (χ3v) is 5.84. The van der Waals surface area contributed by atoms with Crippen LogP contribution in [0, 0.1) is 0 Å². The van der Waals surface area contributed by atoms with Crippen molar-refractivity contribution in [3.8, 4) is 5.75 Å². The Balaban J connectivity index is 1.51. The topological polar surface area (TPSA) is 32.8 Å². The van der Waals surface area contributed by atoms with Gasteiger partial charge in [0.25, 0.3) is 5.91 Å². The Morgan fingerprint density at radius 3 is 2.20 bits per heavy atom. The number of carbonyl (C=O) groups excluding carboxylic acids is 1. The van der Waals surface area contributed by atoms with Crippen LogP contribution in [0.3, 0.4) is 0 Å². The lowest BCUT2D eigenvalue weighted by atomic mass is 9.96. The number of rotatable bonds is 5. The van der Waals surface area contributed by atoms with Gasteiger partial charge in [-0.15, -0.1) is 0 Å². The Hall–Kier alpha value is -2.82. The van der Waals surface area contributed by atoms with Gasteiger partial charge in [0.2, 0.25) is 0 Å². The highest BCUT2D eigenvalue weighted by molar-refractivity contribution is 6.30. The molecule has 0 aromatic heterocycles. The van der Waals surface area contributed by atoms with Crippen molar-refractivity contribution in [2.75, 3.05) is 33.3 Å². The molecule has 0 spiro atoms. The molecule has 1 fully saturated rings. The molecule has 0 bridgehead atoms. The van der Waals surface area contributed by atoms with Gasteiger partial charge in [-0.25, -0.2) is 0 Å². The fourth-order valence-corrected chi connectivity index (χ4v) is 4.14. The fraction of sp³-hybridized carbons (Fsp3) is 0.240. The molecule has 0 aliphatic carbocycles. The predicted octanol–water partition coefficient (Wildman–Crippen LogP) is 4.90. The van der Waals surface area contributed by atoms with Crippen molar-refractivity contribution in [2.45, 2.75) is 6.04 Å². The number of ether oxygens (including phenoxy) is 1. The minimum atomic E-state index is 0.0521. The van der Waals surface area contributed by atoms with Gasteiger partial charge >= 0.3 is 0 Å². The molecule has 4 rings (SSSR count). The molecule has 1 aliphatic heterocycles. The van der Waals surface area contributed by atoms with Crippen molar-refractivity contribution in [2.24, 2.45) is 0 Å². The highest BCUT2D eigenvalue weighted by Crippen LogP contribution is 2.30. The molecule has 1 heterocycles. The molecule has 154 valence electrons. The Labute approximate surface area is 182 Å². The lowest BCUT2D eigenvalue weighted by molar-refractivity contribution is 0.0597. The predicted molar refractivity (Wildman–Crippen MR) is 120 cm³/mol. The van der Waals surface area contributed by atoms with Crippen molar-refractivity contribution in [1.82, 2.24) is 9.80 Å². The Morgan fingerprint density at radius 2 is 1.53 bits per heavy atom. The minimum absolute atomic E-state index is 0.0521. The van der Waals surface area contributed by atoms with Crippen LogP contribution in [0.2, 0.25) is 5.02 Å². The number of halogens is 1. The average molecular weight is 421 g/mol. The van der Waals surface area contributed by atoms with E-state index in [-0.39, 0.29) is 11.9 Å². The van der Waals surface area contributed by atoms with Crippen molar-refractivity contribution in [3.63, 3.8) is 0 Å². The molecule has 1 atom stereocenters. The summed E-state index contributed by atoms with van der Waals surface area (Å²) in [6, 6.07) is 26.0. The normalized spacial score (nSPS) is 15.6. The van der Waals surface area contributed by atoms with Gasteiger partial charge in [0.05, 0.1) is 13.2 Å². The van der Waals surface area contributed by atoms with Gasteiger partial charge < -0.3 is 9.64 Å². The maximum absolute atomic E-state index is 13.0. The first kappa shape index (κ1) is 20.5. The van der Waals surface area contributed by atoms with E-state index >= 15 is 0 Å². The lowest BCUT2D eigenvalue weighted by Gasteiger charge is -2.39. The van der Waals surface area contributed by atoms with Gasteiger partial charge in [-0.3, -0.25) is 9.69 Å². The Bertz CT molecular complexity index is 984. The van der Waals surface area contributed by atoms with E-state index in [4.69, 9.17) is 16.3 Å². The smallest absolute Gasteiger partial charge is 0.254 e. The van der Waals surface area contributed by atoms with E-state index in [0.717, 1.165) is 18.1 Å². The number of hydrogen-bond donors (Lipinski definition) is 0. The third-order valence-electron chi connectivity index (χ3n) is 5.58. The quantitative estimate of drug-likeness (QED) is 0.588. The molecule has 1 saturated heterocycles. The van der Waals surface area contributed by atoms with Crippen LogP contribution in [-0.2, 0) is 0 Å². The van der Waals surface area contributed by atoms with E-state index in [1.807, 2.05) is 41.3 Å². The average Bonchev–Trinajstić information content (AvgIpc) is 2.81. The molecule has 0 N–H and O–H groups in total. The number of methoxy groups -OCH3 is 1. The number of nitrogens with zero attached hydrogens (tertiary/aromatic N) is 2. The summed E-state index contributed by atoms with van der Waals surface area (Å²) in [6.07, 6.45) is 0. The second-order valence-corrected chi connectivity index (χ2v) is 7.86. The largest absolute Gasteiger partial charge is 0.497 e. The zero-order chi connectivity index (χ0) is 20.9. The Morgan fingerprint density at radius 1 is 0.867 bits per heavy atom. The van der Waals surface area contributed by atoms with Crippen molar-refractivity contribution < 1.29 is 9.53 Å². The van der Waals surface area contributed by atoms with Crippen LogP contribution in [0.5, 0.6) is 5.75 Å². The minimum Gasteiger partial charge on any atom is -0.497 e. The summed E-state index contributed by atoms with van der Waals surface area (Å²) >= 11 is 6.12. The van der Waals surface area contributed by atoms with Gasteiger partial charge in [-0.2, -0.15) is 0 Å². The molecule has 1 amide bonds. The van der Waals surface area contributed by atoms with Crippen LogP contribution >= 0.6 is 11.6 Å². The summed E-state index contributed by atoms with van der Waals surface area (Å²) in [7, 11) is 1.61. The van der Waals surface area contributed by atoms with E-state index < -0.39 is 0 Å². The molecule has 4 nitrogen and oxygen atoms in total. The summed E-state index contributed by atoms with van der Waals surface area (Å²) in [5.41, 5.74) is 3.12. The van der Waals surface area contributed by atoms with Crippen LogP contribution in [0.1, 0.15) is 27.5 Å². The van der Waals surface area contributed by atoms with E-state index in [0.29, 0.717) is 24.4 Å². The first-order valence-corrected chi connectivity index (χ1v) is 10.5. The van der Waals surface area contributed by atoms with Crippen molar-refractivity contribution in [1.29, 1.82) is 0 Å². The number of carbonyl (C=O) groups is 1. The van der Waals surface area contributed by atoms with E-state index in [2.05, 4.69) is 41.3 Å². The van der Waals surface area contributed by atoms with Crippen LogP contribution in [0.4, 0.5) is 0 Å². The first-order chi connectivity index (χ1) is 14.7. The molecule has 1 aliphatic rings. The van der Waals surface area contributed by atoms with E-state index in [1.165, 1.54) is 11.1 Å². The van der Waals surface area contributed by atoms with Crippen molar-refractivity contribution >= 4 is 17.5 Å². The highest BCUT2D eigenvalue weighted by atomic mass is 35.5. The summed E-state index contributed by atoms with van der Waals surface area (Å²) < 4.78 is 5.26. The lowest BCUT2D eigenvalue weighted by Crippen LogP contribution is -2.49. The van der Waals surface area contributed by atoms with Crippen molar-refractivity contribution in [3.05, 3.63) is 101 Å². The number of benzene rings is 3. The first-order valence-electron chi connectivity index (χ1n) is 10.1. The van der Waals surface area contributed by atoms with Crippen LogP contribution in [-0.4, -0.2) is 49.0 Å². The summed E-state index contributed by atoms with van der Waals surface area (Å²) in [6.45, 7) is 2.98. The van der Waals surface area contributed by atoms with Crippen LogP contribution in [0.15, 0.2) is 78.9 Å². The Kier molecular flexibility index (Phi) is 6.36. The maximum atomic E-state index is 13.0. The van der Waals surface area contributed by atoms with E-state index in [1.54, 1.807) is 13.2 Å². The molecule has 30 heavy (non-hydrogen) atoms. The summed E-state index contributed by atoms with van der Waals surface area (Å²) in [5.74, 6) is 0.752. The molecule has 3 aromatic carbocycles. The second-order valence-electron chi connectivity index (χ2n) is 7.42. The van der Waals surface area contributed by atoms with Crippen LogP contribution in [0.25, 0.3) is 0 Å². The standard InChI is InChI=1S/C25H25ClN2O2/c1-30-23-9-5-8-21(18-23)25(29)28-16-14-27(15-17-28)24(19-6-3-2-4-7-19)20-10-12-22(26)13-11-20/h2-13,18,24H,14-17H2,1H3/t24-/m1/s1. The molecule has 3 aromatic rings. The molecule has 0 saturated carbocycles. The highest BCUT2D eigenvalue weighted by Gasteiger charge is 2.28. The van der Waals surface area contributed by atoms with Gasteiger partial charge in [0, 0.05) is 36.8 Å². The molecule has 5 heteroatoms. The van der Waals surface area contributed by atoms with Gasteiger partial charge in [-0.1, -0.05) is 60.1 Å². The van der Waals surface area contributed by atoms with Gasteiger partial charge in [0.1, 0.15) is 5.75 Å². The van der Waals surface area contributed by atoms with Gasteiger partial charge in [0.15, 0.2) is 0 Å². The number of amides is 1. The zero-order valence-electron chi connectivity index (χ0n) is 17.0. The monoisotopic (exact) mass is 420 g/mol. The fourth-order valence-electron chi connectivity index (χ4n) is 4.02. The third kappa shape index (κ3) is 4.50. The number of hydrogen-bond acceptors (Lipinski definition) is 3. The summed E-state index contributed by atoms with van der Waals surface area (Å²) in [5, 5.41) is 0.735. The SMILES string of the molecule is COc1cccc(C(=O)N2CCN([C@H](c3ccccc3)c3ccc(Cl)cc3)CC2)c1. The molecular weight excluding hydrogens is 396 g/mol. The molecule has 0 radical (unpaired) electrons. The second kappa shape index (κ2) is 9.33. The maximum Gasteiger partial charge on any atom is 0.254 e. The van der Waals surface area contributed by atoms with Gasteiger partial charge in [-0.05, 0) is 41.5 Å². The molecular formula is C25H25ClN2O2. The van der Waals surface area contributed by atoms with E-state index in [9.17, 15) is 4.79 Å². The molecule has 0 unspecified atom stereocenters. The zero-order valence-corrected chi connectivity index (χ0v) is 17.8.